The molecule has 0 aromatic heterocycles. The van der Waals surface area contributed by atoms with Crippen LogP contribution in [0, 0.1) is 0 Å². The molecule has 2 N–H and O–H groups in total. The minimum absolute atomic E-state index is 0.232. The molecule has 31 heavy (non-hydrogen) atoms. The summed E-state index contributed by atoms with van der Waals surface area (Å²) >= 11 is 1.54. The molecule has 166 valence electrons. The molecule has 0 aliphatic heterocycles. The molecule has 0 fully saturated rings. The summed E-state index contributed by atoms with van der Waals surface area (Å²) < 4.78 is 15.8. The lowest BCUT2D eigenvalue weighted by Gasteiger charge is -2.21. The van der Waals surface area contributed by atoms with Gasteiger partial charge in [0.25, 0.3) is 5.91 Å². The maximum atomic E-state index is 12.5. The van der Waals surface area contributed by atoms with Gasteiger partial charge in [0, 0.05) is 0 Å². The average Bonchev–Trinajstić information content (AvgIpc) is 2.76. The van der Waals surface area contributed by atoms with E-state index in [1.165, 1.54) is 18.7 Å². The molecule has 2 aromatic carbocycles. The number of rotatable bonds is 11. The maximum absolute atomic E-state index is 12.5. The fraction of sp³-hybridized carbons (Fsp3) is 0.318. The van der Waals surface area contributed by atoms with Crippen LogP contribution < -0.4 is 20.1 Å². The van der Waals surface area contributed by atoms with Gasteiger partial charge in [-0.15, -0.1) is 0 Å². The van der Waals surface area contributed by atoms with Gasteiger partial charge in [0.2, 0.25) is 0 Å². The molecule has 2 atom stereocenters. The lowest BCUT2D eigenvalue weighted by molar-refractivity contribution is -0.153. The molecule has 0 aliphatic rings. The van der Waals surface area contributed by atoms with E-state index in [4.69, 9.17) is 14.2 Å². The van der Waals surface area contributed by atoms with Gasteiger partial charge in [-0.3, -0.25) is 10.1 Å². The lowest BCUT2D eigenvalue weighted by atomic mass is 10.2. The Balaban J connectivity index is 1.83. The third kappa shape index (κ3) is 9.43. The number of hydrogen-bond donors (Lipinski definition) is 2. The second-order valence-corrected chi connectivity index (χ2v) is 7.41. The predicted octanol–water partition coefficient (Wildman–Crippen LogP) is 2.98. The van der Waals surface area contributed by atoms with Gasteiger partial charge in [0.1, 0.15) is 17.5 Å². The molecule has 2 rings (SSSR count). The molecule has 0 bridgehead atoms. The molecule has 2 aromatic rings. The molecule has 0 aliphatic carbocycles. The summed E-state index contributed by atoms with van der Waals surface area (Å²) in [6.07, 6.45) is 0.565. The summed E-state index contributed by atoms with van der Waals surface area (Å²) in [6, 6.07) is 16.5. The molecule has 0 heterocycles. The SMILES string of the molecule is CSCCC(NC(=O)COc1ccccc1)C(=O)OC(C)NC(=O)Oc1ccccc1. The van der Waals surface area contributed by atoms with Crippen LogP contribution in [-0.2, 0) is 14.3 Å². The minimum atomic E-state index is -0.946. The Hall–Kier alpha value is -3.20. The van der Waals surface area contributed by atoms with Gasteiger partial charge in [-0.25, -0.2) is 9.59 Å². The third-order valence-corrected chi connectivity index (χ3v) is 4.56. The van der Waals surface area contributed by atoms with E-state index in [1.807, 2.05) is 12.3 Å². The van der Waals surface area contributed by atoms with Crippen molar-refractivity contribution in [2.45, 2.75) is 25.6 Å². The smallest absolute Gasteiger partial charge is 0.415 e. The van der Waals surface area contributed by atoms with Crippen molar-refractivity contribution in [2.75, 3.05) is 18.6 Å². The van der Waals surface area contributed by atoms with E-state index in [9.17, 15) is 14.4 Å². The summed E-state index contributed by atoms with van der Waals surface area (Å²) in [7, 11) is 0. The Kier molecular flexibility index (Phi) is 10.2. The molecule has 0 radical (unpaired) electrons. The Morgan fingerprint density at radius 1 is 0.935 bits per heavy atom. The van der Waals surface area contributed by atoms with Gasteiger partial charge in [-0.1, -0.05) is 36.4 Å². The zero-order valence-corrected chi connectivity index (χ0v) is 18.2. The Morgan fingerprint density at radius 2 is 1.55 bits per heavy atom. The summed E-state index contributed by atoms with van der Waals surface area (Å²) in [6.45, 7) is 1.26. The minimum Gasteiger partial charge on any atom is -0.484 e. The van der Waals surface area contributed by atoms with Crippen LogP contribution in [0.2, 0.25) is 0 Å². The molecule has 0 saturated heterocycles. The molecule has 8 nitrogen and oxygen atoms in total. The van der Waals surface area contributed by atoms with Crippen molar-refractivity contribution in [3.05, 3.63) is 60.7 Å². The number of benzene rings is 2. The van der Waals surface area contributed by atoms with Crippen molar-refractivity contribution in [3.8, 4) is 11.5 Å². The first-order valence-corrected chi connectivity index (χ1v) is 11.1. The molecule has 0 spiro atoms. The first-order valence-electron chi connectivity index (χ1n) is 9.68. The van der Waals surface area contributed by atoms with Crippen LogP contribution in [0.3, 0.4) is 0 Å². The van der Waals surface area contributed by atoms with E-state index < -0.39 is 30.2 Å². The lowest BCUT2D eigenvalue weighted by Crippen LogP contribution is -2.47. The molecule has 2 unspecified atom stereocenters. The van der Waals surface area contributed by atoms with Gasteiger partial charge in [-0.2, -0.15) is 11.8 Å². The van der Waals surface area contributed by atoms with E-state index in [-0.39, 0.29) is 6.61 Å². The van der Waals surface area contributed by atoms with Crippen LogP contribution >= 0.6 is 11.8 Å². The van der Waals surface area contributed by atoms with Crippen LogP contribution in [0.1, 0.15) is 13.3 Å². The van der Waals surface area contributed by atoms with E-state index in [0.29, 0.717) is 23.7 Å². The van der Waals surface area contributed by atoms with Crippen LogP contribution in [0.4, 0.5) is 4.79 Å². The van der Waals surface area contributed by atoms with Crippen molar-refractivity contribution in [1.82, 2.24) is 10.6 Å². The Morgan fingerprint density at radius 3 is 2.16 bits per heavy atom. The fourth-order valence-corrected chi connectivity index (χ4v) is 2.93. The Bertz CT molecular complexity index is 834. The van der Waals surface area contributed by atoms with Crippen LogP contribution in [-0.4, -0.2) is 48.9 Å². The van der Waals surface area contributed by atoms with Crippen molar-refractivity contribution < 1.29 is 28.6 Å². The van der Waals surface area contributed by atoms with Crippen LogP contribution in [0.25, 0.3) is 0 Å². The topological polar surface area (TPSA) is 103 Å². The quantitative estimate of drug-likeness (QED) is 0.404. The molecular formula is C22H26N2O6S. The van der Waals surface area contributed by atoms with Crippen molar-refractivity contribution in [1.29, 1.82) is 0 Å². The number of para-hydroxylation sites is 2. The summed E-state index contributed by atoms with van der Waals surface area (Å²) in [5.74, 6) is 0.445. The number of carbonyl (C=O) groups excluding carboxylic acids is 3. The predicted molar refractivity (Wildman–Crippen MR) is 118 cm³/mol. The standard InChI is InChI=1S/C22H26N2O6S/c1-16(23-22(27)30-18-11-7-4-8-12-18)29-21(26)19(13-14-31-2)24-20(25)15-28-17-9-5-3-6-10-17/h3-12,16,19H,13-15H2,1-2H3,(H,23,27)(H,24,25). The van der Waals surface area contributed by atoms with Gasteiger partial charge in [0.15, 0.2) is 12.8 Å². The Labute approximate surface area is 185 Å². The zero-order chi connectivity index (χ0) is 22.5. The molecular weight excluding hydrogens is 420 g/mol. The highest BCUT2D eigenvalue weighted by Gasteiger charge is 2.24. The van der Waals surface area contributed by atoms with Gasteiger partial charge in [-0.05, 0) is 49.6 Å². The first kappa shape index (κ1) is 24.1. The second-order valence-electron chi connectivity index (χ2n) is 6.43. The van der Waals surface area contributed by atoms with E-state index in [2.05, 4.69) is 10.6 Å². The maximum Gasteiger partial charge on any atom is 0.415 e. The van der Waals surface area contributed by atoms with E-state index >= 15 is 0 Å². The largest absolute Gasteiger partial charge is 0.484 e. The van der Waals surface area contributed by atoms with Crippen LogP contribution in [0.5, 0.6) is 11.5 Å². The monoisotopic (exact) mass is 446 g/mol. The van der Waals surface area contributed by atoms with Crippen molar-refractivity contribution in [2.24, 2.45) is 0 Å². The number of thioether (sulfide) groups is 1. The average molecular weight is 447 g/mol. The van der Waals surface area contributed by atoms with Crippen LogP contribution in [0.15, 0.2) is 60.7 Å². The molecule has 0 saturated carbocycles. The number of esters is 1. The fourth-order valence-electron chi connectivity index (χ4n) is 2.46. The van der Waals surface area contributed by atoms with Gasteiger partial charge >= 0.3 is 12.1 Å². The summed E-state index contributed by atoms with van der Waals surface area (Å²) in [5.41, 5.74) is 0. The number of ether oxygens (including phenoxy) is 3. The van der Waals surface area contributed by atoms with Crippen molar-refractivity contribution in [3.63, 3.8) is 0 Å². The zero-order valence-electron chi connectivity index (χ0n) is 17.4. The number of amides is 2. The van der Waals surface area contributed by atoms with E-state index in [1.54, 1.807) is 54.6 Å². The van der Waals surface area contributed by atoms with Gasteiger partial charge in [0.05, 0.1) is 0 Å². The summed E-state index contributed by atoms with van der Waals surface area (Å²) in [4.78, 5) is 36.7. The van der Waals surface area contributed by atoms with Crippen molar-refractivity contribution >= 4 is 29.7 Å². The highest BCUT2D eigenvalue weighted by atomic mass is 32.2. The summed E-state index contributed by atoms with van der Waals surface area (Å²) in [5, 5.41) is 5.05. The highest BCUT2D eigenvalue weighted by Crippen LogP contribution is 2.10. The second kappa shape index (κ2) is 13.2. The molecule has 2 amide bonds. The normalized spacial score (nSPS) is 12.2. The van der Waals surface area contributed by atoms with E-state index in [0.717, 1.165) is 0 Å². The molecule has 9 heteroatoms. The number of carbonyl (C=O) groups is 3. The number of hydrogen-bond acceptors (Lipinski definition) is 7. The first-order chi connectivity index (χ1) is 15.0. The highest BCUT2D eigenvalue weighted by molar-refractivity contribution is 7.98. The third-order valence-electron chi connectivity index (χ3n) is 3.91. The van der Waals surface area contributed by atoms with Gasteiger partial charge < -0.3 is 19.5 Å². The number of nitrogens with one attached hydrogen (secondary N) is 2.